The van der Waals surface area contributed by atoms with Crippen molar-refractivity contribution in [1.29, 1.82) is 0 Å². The van der Waals surface area contributed by atoms with Crippen LogP contribution in [-0.4, -0.2) is 44.0 Å². The molecular formula is C21H26ClNO3. The van der Waals surface area contributed by atoms with Gasteiger partial charge in [-0.3, -0.25) is 4.79 Å². The Kier molecular flexibility index (Phi) is 7.79. The molecule has 0 aromatic heterocycles. The van der Waals surface area contributed by atoms with Gasteiger partial charge in [0, 0.05) is 30.1 Å². The van der Waals surface area contributed by atoms with Crippen LogP contribution in [-0.2, 0) is 6.42 Å². The number of halogens is 1. The lowest BCUT2D eigenvalue weighted by Gasteiger charge is -2.23. The van der Waals surface area contributed by atoms with Gasteiger partial charge in [-0.2, -0.15) is 0 Å². The Morgan fingerprint density at radius 2 is 1.65 bits per heavy atom. The maximum absolute atomic E-state index is 13.0. The average Bonchev–Trinajstić information content (AvgIpc) is 2.67. The van der Waals surface area contributed by atoms with Crippen LogP contribution < -0.4 is 9.47 Å². The Balaban J connectivity index is 2.12. The molecule has 0 atom stereocenters. The predicted molar refractivity (Wildman–Crippen MR) is 106 cm³/mol. The molecule has 0 aliphatic heterocycles. The largest absolute Gasteiger partial charge is 0.496 e. The minimum Gasteiger partial charge on any atom is -0.496 e. The van der Waals surface area contributed by atoms with Crippen LogP contribution in [0, 0.1) is 6.92 Å². The van der Waals surface area contributed by atoms with Crippen LogP contribution in [0.2, 0.25) is 0 Å². The Labute approximate surface area is 160 Å². The van der Waals surface area contributed by atoms with E-state index in [1.54, 1.807) is 31.3 Å². The average molecular weight is 376 g/mol. The molecule has 0 aliphatic rings. The van der Waals surface area contributed by atoms with Gasteiger partial charge in [-0.15, -0.1) is 11.6 Å². The Hall–Kier alpha value is -2.20. The first-order valence-electron chi connectivity index (χ1n) is 8.72. The molecule has 2 aromatic rings. The fourth-order valence-electron chi connectivity index (χ4n) is 2.93. The van der Waals surface area contributed by atoms with Crippen LogP contribution in [0.25, 0.3) is 0 Å². The highest BCUT2D eigenvalue weighted by molar-refractivity contribution is 6.18. The highest BCUT2D eigenvalue weighted by atomic mass is 35.5. The van der Waals surface area contributed by atoms with E-state index in [1.807, 2.05) is 25.1 Å². The number of benzene rings is 2. The molecule has 4 nitrogen and oxygen atoms in total. The number of amides is 1. The minimum atomic E-state index is -0.0599. The van der Waals surface area contributed by atoms with Crippen molar-refractivity contribution >= 4 is 17.5 Å². The van der Waals surface area contributed by atoms with E-state index in [0.29, 0.717) is 36.0 Å². The summed E-state index contributed by atoms with van der Waals surface area (Å²) in [6.07, 6.45) is 1.81. The summed E-state index contributed by atoms with van der Waals surface area (Å²) in [5.74, 6) is 1.62. The standard InChI is InChI=1S/C21H26ClNO3/c1-16-19(25-2)14-18(15-20(16)26-3)21(24)23(13-11-22)12-7-10-17-8-5-4-6-9-17/h4-6,8-9,14-15H,7,10-13H2,1-3H3. The first kappa shape index (κ1) is 20.1. The lowest BCUT2D eigenvalue weighted by atomic mass is 10.1. The molecule has 0 aliphatic carbocycles. The molecule has 1 amide bonds. The highest BCUT2D eigenvalue weighted by Gasteiger charge is 2.19. The maximum Gasteiger partial charge on any atom is 0.254 e. The van der Waals surface area contributed by atoms with Crippen LogP contribution in [0.15, 0.2) is 42.5 Å². The predicted octanol–water partition coefficient (Wildman–Crippen LogP) is 4.33. The van der Waals surface area contributed by atoms with E-state index in [-0.39, 0.29) is 5.91 Å². The number of aryl methyl sites for hydroxylation is 1. The number of hydrogen-bond donors (Lipinski definition) is 0. The maximum atomic E-state index is 13.0. The molecule has 5 heteroatoms. The van der Waals surface area contributed by atoms with Crippen LogP contribution >= 0.6 is 11.6 Å². The third kappa shape index (κ3) is 5.15. The number of hydrogen-bond acceptors (Lipinski definition) is 3. The number of rotatable bonds is 9. The molecule has 26 heavy (non-hydrogen) atoms. The Bertz CT molecular complexity index is 693. The second-order valence-corrected chi connectivity index (χ2v) is 6.45. The SMILES string of the molecule is COc1cc(C(=O)N(CCCl)CCCc2ccccc2)cc(OC)c1C. The van der Waals surface area contributed by atoms with Crippen molar-refractivity contribution in [2.75, 3.05) is 33.2 Å². The third-order valence-corrected chi connectivity index (χ3v) is 4.55. The number of alkyl halides is 1. The summed E-state index contributed by atoms with van der Waals surface area (Å²) in [6.45, 7) is 3.06. The molecule has 2 aromatic carbocycles. The Morgan fingerprint density at radius 1 is 1.04 bits per heavy atom. The monoisotopic (exact) mass is 375 g/mol. The summed E-state index contributed by atoms with van der Waals surface area (Å²) >= 11 is 5.92. The zero-order valence-corrected chi connectivity index (χ0v) is 16.4. The molecule has 140 valence electrons. The highest BCUT2D eigenvalue weighted by Crippen LogP contribution is 2.30. The summed E-state index contributed by atoms with van der Waals surface area (Å²) in [6, 6.07) is 13.8. The zero-order valence-electron chi connectivity index (χ0n) is 15.6. The fraction of sp³-hybridized carbons (Fsp3) is 0.381. The van der Waals surface area contributed by atoms with E-state index >= 15 is 0 Å². The van der Waals surface area contributed by atoms with E-state index in [2.05, 4.69) is 12.1 Å². The minimum absolute atomic E-state index is 0.0599. The van der Waals surface area contributed by atoms with Crippen molar-refractivity contribution in [3.63, 3.8) is 0 Å². The molecule has 0 saturated heterocycles. The molecule has 0 heterocycles. The lowest BCUT2D eigenvalue weighted by Crippen LogP contribution is -2.34. The van der Waals surface area contributed by atoms with E-state index in [4.69, 9.17) is 21.1 Å². The molecule has 0 radical (unpaired) electrons. The van der Waals surface area contributed by atoms with Crippen LogP contribution in [0.5, 0.6) is 11.5 Å². The van der Waals surface area contributed by atoms with Gasteiger partial charge in [0.2, 0.25) is 0 Å². The zero-order chi connectivity index (χ0) is 18.9. The summed E-state index contributed by atoms with van der Waals surface area (Å²) in [7, 11) is 3.18. The van der Waals surface area contributed by atoms with E-state index in [1.165, 1.54) is 5.56 Å². The van der Waals surface area contributed by atoms with E-state index in [0.717, 1.165) is 18.4 Å². The Morgan fingerprint density at radius 3 is 2.19 bits per heavy atom. The smallest absolute Gasteiger partial charge is 0.254 e. The summed E-state index contributed by atoms with van der Waals surface area (Å²) in [4.78, 5) is 14.8. The number of carbonyl (C=O) groups is 1. The molecule has 0 N–H and O–H groups in total. The van der Waals surface area contributed by atoms with Crippen molar-refractivity contribution in [3.05, 3.63) is 59.2 Å². The third-order valence-electron chi connectivity index (χ3n) is 4.38. The number of carbonyl (C=O) groups excluding carboxylic acids is 1. The van der Waals surface area contributed by atoms with Gasteiger partial charge in [0.1, 0.15) is 11.5 Å². The van der Waals surface area contributed by atoms with E-state index < -0.39 is 0 Å². The van der Waals surface area contributed by atoms with Crippen LogP contribution in [0.1, 0.15) is 27.9 Å². The lowest BCUT2D eigenvalue weighted by molar-refractivity contribution is 0.0763. The number of ether oxygens (including phenoxy) is 2. The first-order chi connectivity index (χ1) is 12.6. The molecule has 0 unspecified atom stereocenters. The van der Waals surface area contributed by atoms with Gasteiger partial charge in [0.05, 0.1) is 14.2 Å². The topological polar surface area (TPSA) is 38.8 Å². The second-order valence-electron chi connectivity index (χ2n) is 6.08. The van der Waals surface area contributed by atoms with Crippen molar-refractivity contribution in [3.8, 4) is 11.5 Å². The van der Waals surface area contributed by atoms with Gasteiger partial charge < -0.3 is 14.4 Å². The van der Waals surface area contributed by atoms with Gasteiger partial charge in [-0.25, -0.2) is 0 Å². The van der Waals surface area contributed by atoms with Crippen LogP contribution in [0.4, 0.5) is 0 Å². The van der Waals surface area contributed by atoms with Crippen molar-refractivity contribution < 1.29 is 14.3 Å². The van der Waals surface area contributed by atoms with Crippen molar-refractivity contribution in [2.24, 2.45) is 0 Å². The molecule has 0 bridgehead atoms. The van der Waals surface area contributed by atoms with Gasteiger partial charge in [0.15, 0.2) is 0 Å². The molecule has 0 spiro atoms. The summed E-state index contributed by atoms with van der Waals surface area (Å²) in [5.41, 5.74) is 2.69. The van der Waals surface area contributed by atoms with Gasteiger partial charge in [-0.05, 0) is 37.5 Å². The summed E-state index contributed by atoms with van der Waals surface area (Å²) < 4.78 is 10.8. The van der Waals surface area contributed by atoms with Crippen molar-refractivity contribution in [2.45, 2.75) is 19.8 Å². The van der Waals surface area contributed by atoms with Gasteiger partial charge >= 0.3 is 0 Å². The molecule has 2 rings (SSSR count). The quantitative estimate of drug-likeness (QED) is 0.612. The first-order valence-corrected chi connectivity index (χ1v) is 9.26. The second kappa shape index (κ2) is 10.1. The number of methoxy groups -OCH3 is 2. The fourth-order valence-corrected chi connectivity index (χ4v) is 3.13. The van der Waals surface area contributed by atoms with Gasteiger partial charge in [-0.1, -0.05) is 30.3 Å². The van der Waals surface area contributed by atoms with E-state index in [9.17, 15) is 4.79 Å². The van der Waals surface area contributed by atoms with Crippen molar-refractivity contribution in [1.82, 2.24) is 4.90 Å². The number of nitrogens with zero attached hydrogens (tertiary/aromatic N) is 1. The molecular weight excluding hydrogens is 350 g/mol. The summed E-state index contributed by atoms with van der Waals surface area (Å²) in [5, 5.41) is 0. The van der Waals surface area contributed by atoms with Crippen LogP contribution in [0.3, 0.4) is 0 Å². The molecule has 0 fully saturated rings. The van der Waals surface area contributed by atoms with Gasteiger partial charge in [0.25, 0.3) is 5.91 Å². The molecule has 0 saturated carbocycles. The normalized spacial score (nSPS) is 10.5.